The third kappa shape index (κ3) is 2.88. The fourth-order valence-corrected chi connectivity index (χ4v) is 1.49. The van der Waals surface area contributed by atoms with Crippen LogP contribution < -0.4 is 5.73 Å². The van der Waals surface area contributed by atoms with E-state index in [-0.39, 0.29) is 12.4 Å². The first-order valence-corrected chi connectivity index (χ1v) is 4.84. The number of rotatable bonds is 3. The van der Waals surface area contributed by atoms with Gasteiger partial charge in [-0.2, -0.15) is 0 Å². The van der Waals surface area contributed by atoms with Gasteiger partial charge in [0.1, 0.15) is 11.4 Å². The van der Waals surface area contributed by atoms with Crippen LogP contribution in [0.25, 0.3) is 0 Å². The number of benzene rings is 1. The Morgan fingerprint density at radius 1 is 1.44 bits per heavy atom. The molecule has 1 aromatic carbocycles. The molecule has 0 aromatic heterocycles. The zero-order valence-corrected chi connectivity index (χ0v) is 10.4. The van der Waals surface area contributed by atoms with Gasteiger partial charge in [0.25, 0.3) is 6.43 Å². The van der Waals surface area contributed by atoms with E-state index in [4.69, 9.17) is 10.8 Å². The van der Waals surface area contributed by atoms with Gasteiger partial charge in [0.2, 0.25) is 0 Å². The Labute approximate surface area is 105 Å². The fourth-order valence-electron chi connectivity index (χ4n) is 1.13. The van der Waals surface area contributed by atoms with Gasteiger partial charge < -0.3 is 10.8 Å². The summed E-state index contributed by atoms with van der Waals surface area (Å²) in [6.07, 6.45) is -3.05. The smallest absolute Gasteiger partial charge is 0.262 e. The van der Waals surface area contributed by atoms with Crippen LogP contribution in [0.2, 0.25) is 0 Å². The van der Waals surface area contributed by atoms with Crippen LogP contribution in [0.15, 0.2) is 22.7 Å². The molecule has 0 heterocycles. The first-order chi connectivity index (χ1) is 6.91. The summed E-state index contributed by atoms with van der Waals surface area (Å²) in [6, 6.07) is 3.51. The molecule has 0 amide bonds. The number of nitrogens with two attached hydrogens (primary N) is 1. The molecule has 1 rings (SSSR count). The molecule has 0 aliphatic rings. The van der Waals surface area contributed by atoms with Crippen molar-refractivity contribution >= 4 is 28.3 Å². The van der Waals surface area contributed by atoms with Gasteiger partial charge in [-0.1, -0.05) is 15.9 Å². The van der Waals surface area contributed by atoms with Crippen LogP contribution in [0.3, 0.4) is 0 Å². The molecule has 1 atom stereocenters. The maximum Gasteiger partial charge on any atom is 0.262 e. The Morgan fingerprint density at radius 2 is 2.00 bits per heavy atom. The molecule has 0 fully saturated rings. The van der Waals surface area contributed by atoms with Crippen LogP contribution >= 0.6 is 28.3 Å². The van der Waals surface area contributed by atoms with Crippen LogP contribution in [0.5, 0.6) is 0 Å². The van der Waals surface area contributed by atoms with E-state index in [0.717, 1.165) is 12.1 Å². The average molecular weight is 321 g/mol. The Kier molecular flexibility index (Phi) is 5.75. The molecular weight excluding hydrogens is 310 g/mol. The van der Waals surface area contributed by atoms with Crippen molar-refractivity contribution in [3.05, 3.63) is 34.1 Å². The molecule has 0 unspecified atom stereocenters. The molecule has 0 bridgehead atoms. The lowest BCUT2D eigenvalue weighted by Gasteiger charge is -2.27. The minimum atomic E-state index is -3.05. The topological polar surface area (TPSA) is 46.2 Å². The second-order valence-corrected chi connectivity index (χ2v) is 4.04. The predicted octanol–water partition coefficient (Wildman–Crippen LogP) is 2.42. The molecule has 92 valence electrons. The van der Waals surface area contributed by atoms with Crippen molar-refractivity contribution in [3.63, 3.8) is 0 Å². The first-order valence-electron chi connectivity index (χ1n) is 4.05. The Hall–Kier alpha value is -0.300. The van der Waals surface area contributed by atoms with Crippen molar-refractivity contribution < 1.29 is 18.3 Å². The quantitative estimate of drug-likeness (QED) is 0.898. The Morgan fingerprint density at radius 3 is 2.44 bits per heavy atom. The van der Waals surface area contributed by atoms with E-state index in [9.17, 15) is 13.2 Å². The van der Waals surface area contributed by atoms with Crippen LogP contribution in [0.4, 0.5) is 13.2 Å². The van der Waals surface area contributed by atoms with E-state index in [0.29, 0.717) is 4.47 Å². The first kappa shape index (κ1) is 15.7. The molecule has 0 saturated carbocycles. The molecule has 2 nitrogen and oxygen atoms in total. The summed E-state index contributed by atoms with van der Waals surface area (Å²) in [7, 11) is 0. The summed E-state index contributed by atoms with van der Waals surface area (Å²) in [5, 5.41) is 8.84. The minimum absolute atomic E-state index is 0. The predicted molar refractivity (Wildman–Crippen MR) is 60.3 cm³/mol. The van der Waals surface area contributed by atoms with Crippen molar-refractivity contribution in [2.75, 3.05) is 6.61 Å². The molecule has 16 heavy (non-hydrogen) atoms. The Bertz CT molecular complexity index is 367. The van der Waals surface area contributed by atoms with Crippen molar-refractivity contribution in [2.24, 2.45) is 5.73 Å². The lowest BCUT2D eigenvalue weighted by molar-refractivity contribution is 0.0134. The molecule has 0 spiro atoms. The molecule has 0 aliphatic heterocycles. The molecule has 0 aliphatic carbocycles. The molecule has 0 radical (unpaired) electrons. The molecule has 7 heteroatoms. The zero-order chi connectivity index (χ0) is 11.6. The number of hydrogen-bond acceptors (Lipinski definition) is 2. The van der Waals surface area contributed by atoms with Gasteiger partial charge in [0.15, 0.2) is 0 Å². The minimum Gasteiger partial charge on any atom is -0.394 e. The van der Waals surface area contributed by atoms with Crippen molar-refractivity contribution in [1.82, 2.24) is 0 Å². The zero-order valence-electron chi connectivity index (χ0n) is 7.96. The maximum atomic E-state index is 13.3. The van der Waals surface area contributed by atoms with E-state index >= 15 is 0 Å². The maximum absolute atomic E-state index is 13.3. The van der Waals surface area contributed by atoms with E-state index < -0.39 is 30.0 Å². The number of aliphatic hydroxyl groups excluding tert-OH is 1. The highest BCUT2D eigenvalue weighted by molar-refractivity contribution is 9.10. The van der Waals surface area contributed by atoms with Gasteiger partial charge >= 0.3 is 0 Å². The monoisotopic (exact) mass is 319 g/mol. The summed E-state index contributed by atoms with van der Waals surface area (Å²) in [5.41, 5.74) is 2.50. The van der Waals surface area contributed by atoms with E-state index in [1.165, 1.54) is 6.07 Å². The lowest BCUT2D eigenvalue weighted by Crippen LogP contribution is -2.48. The standard InChI is InChI=1S/C9H9BrF3NO.ClH/c10-5-1-2-7(11)6(3-5)9(14,4-15)8(12)13;/h1-3,8,15H,4,14H2;1H/t9-;/m0./s1. The molecule has 1 aromatic rings. The highest BCUT2D eigenvalue weighted by Gasteiger charge is 2.39. The fraction of sp³-hybridized carbons (Fsp3) is 0.333. The van der Waals surface area contributed by atoms with Gasteiger partial charge in [0.05, 0.1) is 6.61 Å². The van der Waals surface area contributed by atoms with Gasteiger partial charge in [-0.25, -0.2) is 13.2 Å². The van der Waals surface area contributed by atoms with E-state index in [2.05, 4.69) is 15.9 Å². The highest BCUT2D eigenvalue weighted by atomic mass is 79.9. The summed E-state index contributed by atoms with van der Waals surface area (Å²) >= 11 is 3.02. The van der Waals surface area contributed by atoms with Crippen molar-refractivity contribution in [1.29, 1.82) is 0 Å². The van der Waals surface area contributed by atoms with E-state index in [1.54, 1.807) is 0 Å². The third-order valence-corrected chi connectivity index (χ3v) is 2.57. The molecule has 0 saturated heterocycles. The average Bonchev–Trinajstić information content (AvgIpc) is 2.20. The Balaban J connectivity index is 0.00000225. The van der Waals surface area contributed by atoms with Crippen LogP contribution in [0, 0.1) is 5.82 Å². The van der Waals surface area contributed by atoms with Crippen molar-refractivity contribution in [2.45, 2.75) is 12.0 Å². The molecule has 3 N–H and O–H groups in total. The number of alkyl halides is 2. The number of halogens is 5. The second-order valence-electron chi connectivity index (χ2n) is 3.12. The number of aliphatic hydroxyl groups is 1. The lowest BCUT2D eigenvalue weighted by atomic mass is 9.92. The highest BCUT2D eigenvalue weighted by Crippen LogP contribution is 2.29. The van der Waals surface area contributed by atoms with Gasteiger partial charge in [-0.3, -0.25) is 0 Å². The largest absolute Gasteiger partial charge is 0.394 e. The summed E-state index contributed by atoms with van der Waals surface area (Å²) in [5.74, 6) is -0.866. The molecular formula is C9H10BrClF3NO. The van der Waals surface area contributed by atoms with Crippen LogP contribution in [-0.2, 0) is 5.54 Å². The second kappa shape index (κ2) is 5.86. The normalized spacial score (nSPS) is 14.4. The summed E-state index contributed by atoms with van der Waals surface area (Å²) in [4.78, 5) is 0. The summed E-state index contributed by atoms with van der Waals surface area (Å²) < 4.78 is 38.9. The SMILES string of the molecule is Cl.N[C@@](CO)(c1cc(Br)ccc1F)C(F)F. The summed E-state index contributed by atoms with van der Waals surface area (Å²) in [6.45, 7) is -1.03. The number of hydrogen-bond donors (Lipinski definition) is 2. The van der Waals surface area contributed by atoms with Gasteiger partial charge in [-0.15, -0.1) is 12.4 Å². The van der Waals surface area contributed by atoms with E-state index in [1.807, 2.05) is 0 Å². The third-order valence-electron chi connectivity index (χ3n) is 2.08. The van der Waals surface area contributed by atoms with Crippen LogP contribution in [0.1, 0.15) is 5.56 Å². The van der Waals surface area contributed by atoms with Crippen molar-refractivity contribution in [3.8, 4) is 0 Å². The van der Waals surface area contributed by atoms with Gasteiger partial charge in [-0.05, 0) is 18.2 Å². The van der Waals surface area contributed by atoms with Gasteiger partial charge in [0, 0.05) is 10.0 Å². The van der Waals surface area contributed by atoms with Crippen LogP contribution in [-0.4, -0.2) is 18.1 Å².